The summed E-state index contributed by atoms with van der Waals surface area (Å²) in [6, 6.07) is 9.70. The van der Waals surface area contributed by atoms with Gasteiger partial charge in [-0.2, -0.15) is 0 Å². The van der Waals surface area contributed by atoms with Crippen molar-refractivity contribution in [2.75, 3.05) is 44.2 Å². The minimum atomic E-state index is -0.862. The Labute approximate surface area is 253 Å². The van der Waals surface area contributed by atoms with Crippen molar-refractivity contribution in [3.63, 3.8) is 0 Å². The number of aromatic nitrogens is 2. The zero-order chi connectivity index (χ0) is 30.1. The van der Waals surface area contributed by atoms with Crippen molar-refractivity contribution in [3.8, 4) is 0 Å². The Hall–Kier alpha value is -3.53. The Kier molecular flexibility index (Phi) is 8.66. The third-order valence-electron chi connectivity index (χ3n) is 10.1. The van der Waals surface area contributed by atoms with Gasteiger partial charge < -0.3 is 25.1 Å². The van der Waals surface area contributed by atoms with Gasteiger partial charge >= 0.3 is 5.97 Å². The smallest absolute Gasteiger partial charge is 0.326 e. The number of benzene rings is 1. The van der Waals surface area contributed by atoms with E-state index in [-0.39, 0.29) is 23.8 Å². The van der Waals surface area contributed by atoms with E-state index in [1.54, 1.807) is 4.90 Å². The number of fused-ring (bicyclic) bond motifs is 1. The van der Waals surface area contributed by atoms with Gasteiger partial charge in [0.25, 0.3) is 5.91 Å². The van der Waals surface area contributed by atoms with Crippen LogP contribution in [0.25, 0.3) is 0 Å². The number of aliphatic carboxylic acids is 1. The molecule has 0 spiro atoms. The predicted octanol–water partition coefficient (Wildman–Crippen LogP) is 3.59. The summed E-state index contributed by atoms with van der Waals surface area (Å²) in [6.07, 6.45) is 6.52. The highest BCUT2D eigenvalue weighted by atomic mass is 16.4. The molecule has 2 N–H and O–H groups in total. The quantitative estimate of drug-likeness (QED) is 0.456. The van der Waals surface area contributed by atoms with Crippen molar-refractivity contribution < 1.29 is 19.5 Å². The second-order valence-corrected chi connectivity index (χ2v) is 13.0. The molecule has 4 heterocycles. The van der Waals surface area contributed by atoms with Crippen LogP contribution in [-0.4, -0.2) is 88.0 Å². The van der Waals surface area contributed by atoms with Gasteiger partial charge in [0.05, 0.1) is 23.0 Å². The molecule has 1 aromatic heterocycles. The molecule has 1 aromatic carbocycles. The molecule has 230 valence electrons. The summed E-state index contributed by atoms with van der Waals surface area (Å²) in [5.74, 6) is 0.706. The standard InChI is InChI=1S/C33H44N6O4/c1-21-29(22(2)35-33(34-21)39-15-8-13-28(39)32(42)43)31(41)38-19-25-17-37(18-26(25)20-38)16-14-27(23-9-4-3-5-10-23)36-30(40)24-11-6-7-12-24/h3-5,9-10,24-28H,6-8,11-20H2,1-2H3,(H,36,40)(H,42,43)/t25?,26?,27-,28?/m0/s1. The molecule has 2 aromatic rings. The Morgan fingerprint density at radius 2 is 1.58 bits per heavy atom. The van der Waals surface area contributed by atoms with Gasteiger partial charge in [-0.1, -0.05) is 43.2 Å². The second kappa shape index (κ2) is 12.6. The van der Waals surface area contributed by atoms with Crippen LogP contribution in [0.4, 0.5) is 5.95 Å². The SMILES string of the molecule is Cc1nc(N2CCCC2C(=O)O)nc(C)c1C(=O)N1CC2CN(CC[C@H](NC(=O)C3CCCC3)c3ccccc3)CC2C1. The molecule has 6 rings (SSSR count). The van der Waals surface area contributed by atoms with E-state index < -0.39 is 12.0 Å². The van der Waals surface area contributed by atoms with Gasteiger partial charge in [0.1, 0.15) is 6.04 Å². The first-order chi connectivity index (χ1) is 20.8. The topological polar surface area (TPSA) is 119 Å². The fourth-order valence-electron chi connectivity index (χ4n) is 7.79. The Morgan fingerprint density at radius 3 is 2.21 bits per heavy atom. The van der Waals surface area contributed by atoms with Crippen LogP contribution in [0.5, 0.6) is 0 Å². The van der Waals surface area contributed by atoms with Crippen LogP contribution < -0.4 is 10.2 Å². The summed E-state index contributed by atoms with van der Waals surface area (Å²) in [4.78, 5) is 53.7. The number of aryl methyl sites for hydroxylation is 2. The van der Waals surface area contributed by atoms with Gasteiger partial charge in [-0.05, 0) is 63.4 Å². The molecular weight excluding hydrogens is 544 g/mol. The number of anilines is 1. The molecule has 4 aliphatic rings. The van der Waals surface area contributed by atoms with Crippen LogP contribution in [0.1, 0.15) is 78.3 Å². The third-order valence-corrected chi connectivity index (χ3v) is 10.1. The van der Waals surface area contributed by atoms with Gasteiger partial charge in [-0.3, -0.25) is 9.59 Å². The Bertz CT molecular complexity index is 1310. The molecule has 3 aliphatic heterocycles. The van der Waals surface area contributed by atoms with Gasteiger partial charge in [-0.15, -0.1) is 0 Å². The van der Waals surface area contributed by atoms with E-state index >= 15 is 0 Å². The summed E-state index contributed by atoms with van der Waals surface area (Å²) in [5.41, 5.74) is 2.91. The summed E-state index contributed by atoms with van der Waals surface area (Å²) < 4.78 is 0. The lowest BCUT2D eigenvalue weighted by Crippen LogP contribution is -2.38. The number of hydrogen-bond donors (Lipinski definition) is 2. The van der Waals surface area contributed by atoms with Crippen molar-refractivity contribution in [1.29, 1.82) is 0 Å². The molecular formula is C33H44N6O4. The number of rotatable bonds is 9. The number of likely N-dealkylation sites (tertiary alicyclic amines) is 2. The number of nitrogens with zero attached hydrogens (tertiary/aromatic N) is 5. The Morgan fingerprint density at radius 1 is 0.930 bits per heavy atom. The molecule has 4 atom stereocenters. The fourth-order valence-corrected chi connectivity index (χ4v) is 7.79. The van der Waals surface area contributed by atoms with E-state index in [0.717, 1.165) is 63.7 Å². The molecule has 2 amide bonds. The molecule has 1 saturated carbocycles. The molecule has 1 aliphatic carbocycles. The van der Waals surface area contributed by atoms with E-state index in [2.05, 4.69) is 32.3 Å². The highest BCUT2D eigenvalue weighted by molar-refractivity contribution is 5.96. The van der Waals surface area contributed by atoms with Gasteiger partial charge in [0, 0.05) is 45.2 Å². The first-order valence-electron chi connectivity index (χ1n) is 16.0. The number of nitrogens with one attached hydrogen (secondary N) is 1. The highest BCUT2D eigenvalue weighted by Gasteiger charge is 2.42. The van der Waals surface area contributed by atoms with Crippen molar-refractivity contribution in [2.45, 2.75) is 70.9 Å². The van der Waals surface area contributed by atoms with Crippen LogP contribution in [0.3, 0.4) is 0 Å². The number of hydrogen-bond acceptors (Lipinski definition) is 7. The lowest BCUT2D eigenvalue weighted by atomic mass is 10.0. The summed E-state index contributed by atoms with van der Waals surface area (Å²) in [7, 11) is 0. The largest absolute Gasteiger partial charge is 0.480 e. The molecule has 0 radical (unpaired) electrons. The van der Waals surface area contributed by atoms with Crippen LogP contribution in [0.15, 0.2) is 30.3 Å². The first kappa shape index (κ1) is 29.5. The van der Waals surface area contributed by atoms with Crippen molar-refractivity contribution in [3.05, 3.63) is 52.8 Å². The molecule has 3 saturated heterocycles. The minimum Gasteiger partial charge on any atom is -0.480 e. The van der Waals surface area contributed by atoms with E-state index in [0.29, 0.717) is 60.8 Å². The summed E-state index contributed by atoms with van der Waals surface area (Å²) >= 11 is 0. The number of amides is 2. The molecule has 10 heteroatoms. The highest BCUT2D eigenvalue weighted by Crippen LogP contribution is 2.34. The normalized spacial score (nSPS) is 24.8. The van der Waals surface area contributed by atoms with E-state index in [1.165, 1.54) is 0 Å². The predicted molar refractivity (Wildman–Crippen MR) is 163 cm³/mol. The van der Waals surface area contributed by atoms with Gasteiger partial charge in [0.15, 0.2) is 0 Å². The van der Waals surface area contributed by atoms with Crippen molar-refractivity contribution in [2.24, 2.45) is 17.8 Å². The fraction of sp³-hybridized carbons (Fsp3) is 0.606. The summed E-state index contributed by atoms with van der Waals surface area (Å²) in [5, 5.41) is 12.9. The number of carbonyl (C=O) groups is 3. The number of carbonyl (C=O) groups excluding carboxylic acids is 2. The number of carboxylic acid groups (broad SMARTS) is 1. The Balaban J connectivity index is 1.05. The van der Waals surface area contributed by atoms with Gasteiger partial charge in [0.2, 0.25) is 11.9 Å². The monoisotopic (exact) mass is 588 g/mol. The zero-order valence-corrected chi connectivity index (χ0v) is 25.4. The van der Waals surface area contributed by atoms with Crippen LogP contribution in [-0.2, 0) is 9.59 Å². The molecule has 3 unspecified atom stereocenters. The zero-order valence-electron chi connectivity index (χ0n) is 25.4. The number of carboxylic acids is 1. The van der Waals surface area contributed by atoms with Crippen LogP contribution in [0, 0.1) is 31.6 Å². The van der Waals surface area contributed by atoms with Crippen molar-refractivity contribution >= 4 is 23.7 Å². The first-order valence-corrected chi connectivity index (χ1v) is 16.0. The minimum absolute atomic E-state index is 0.00748. The molecule has 10 nitrogen and oxygen atoms in total. The lowest BCUT2D eigenvalue weighted by molar-refractivity contribution is -0.138. The van der Waals surface area contributed by atoms with Gasteiger partial charge in [-0.25, -0.2) is 14.8 Å². The van der Waals surface area contributed by atoms with Crippen LogP contribution in [0.2, 0.25) is 0 Å². The third kappa shape index (κ3) is 6.25. The molecule has 4 fully saturated rings. The maximum atomic E-state index is 13.7. The van der Waals surface area contributed by atoms with Crippen molar-refractivity contribution in [1.82, 2.24) is 25.1 Å². The van der Waals surface area contributed by atoms with Crippen LogP contribution >= 0.6 is 0 Å². The molecule has 43 heavy (non-hydrogen) atoms. The average Bonchev–Trinajstić information content (AvgIpc) is 3.79. The maximum absolute atomic E-state index is 13.7. The van der Waals surface area contributed by atoms with E-state index in [1.807, 2.05) is 36.9 Å². The second-order valence-electron chi connectivity index (χ2n) is 13.0. The lowest BCUT2D eigenvalue weighted by Gasteiger charge is -2.26. The average molecular weight is 589 g/mol. The van der Waals surface area contributed by atoms with E-state index in [9.17, 15) is 19.5 Å². The van der Waals surface area contributed by atoms with E-state index in [4.69, 9.17) is 0 Å². The molecule has 0 bridgehead atoms. The maximum Gasteiger partial charge on any atom is 0.326 e. The summed E-state index contributed by atoms with van der Waals surface area (Å²) in [6.45, 7) is 8.50.